The molecule has 18 heavy (non-hydrogen) atoms. The van der Waals surface area contributed by atoms with Crippen LogP contribution in [-0.2, 0) is 19.1 Å². The van der Waals surface area contributed by atoms with Crippen LogP contribution in [0.4, 0.5) is 0 Å². The maximum Gasteiger partial charge on any atom is 0.331 e. The molecule has 0 unspecified atom stereocenters. The minimum absolute atomic E-state index is 0.213. The van der Waals surface area contributed by atoms with Crippen LogP contribution in [-0.4, -0.2) is 25.2 Å². The van der Waals surface area contributed by atoms with E-state index in [9.17, 15) is 9.59 Å². The first kappa shape index (κ1) is 15.8. The van der Waals surface area contributed by atoms with Gasteiger partial charge in [0.05, 0.1) is 0 Å². The molecule has 0 aromatic carbocycles. The second kappa shape index (κ2) is 11.3. The molecular weight excluding hydrogens is 232 g/mol. The summed E-state index contributed by atoms with van der Waals surface area (Å²) in [5.41, 5.74) is 0. The predicted octanol–water partition coefficient (Wildman–Crippen LogP) is 1.46. The van der Waals surface area contributed by atoms with E-state index in [1.54, 1.807) is 13.8 Å². The first-order valence-corrected chi connectivity index (χ1v) is 5.51. The molecule has 0 bridgehead atoms. The number of carbonyl (C=O) groups excluding carboxylic acids is 2. The zero-order valence-corrected chi connectivity index (χ0v) is 10.6. The van der Waals surface area contributed by atoms with Crippen LogP contribution in [0.25, 0.3) is 0 Å². The zero-order chi connectivity index (χ0) is 13.6. The molecule has 0 aromatic heterocycles. The topological polar surface area (TPSA) is 52.6 Å². The molecule has 0 amide bonds. The molecule has 0 radical (unpaired) electrons. The Labute approximate surface area is 107 Å². The Hall–Kier alpha value is -2.20. The largest absolute Gasteiger partial charge is 0.462 e. The highest BCUT2D eigenvalue weighted by Gasteiger charge is 1.99. The lowest BCUT2D eigenvalue weighted by molar-refractivity contribution is -0.140. The summed E-state index contributed by atoms with van der Waals surface area (Å²) in [7, 11) is 0. The van der Waals surface area contributed by atoms with E-state index in [4.69, 9.17) is 9.47 Å². The Morgan fingerprint density at radius 1 is 0.889 bits per heavy atom. The summed E-state index contributed by atoms with van der Waals surface area (Å²) >= 11 is 0. The molecule has 0 saturated heterocycles. The van der Waals surface area contributed by atoms with E-state index < -0.39 is 11.9 Å². The fraction of sp³-hybridized carbons (Fsp3) is 0.429. The van der Waals surface area contributed by atoms with Gasteiger partial charge in [-0.15, -0.1) is 23.7 Å². The molecule has 0 aliphatic carbocycles. The number of esters is 2. The first-order chi connectivity index (χ1) is 8.70. The van der Waals surface area contributed by atoms with Gasteiger partial charge in [-0.05, 0) is 13.8 Å². The number of rotatable bonds is 6. The second-order valence-corrected chi connectivity index (χ2v) is 3.02. The fourth-order valence-electron chi connectivity index (χ4n) is 0.888. The van der Waals surface area contributed by atoms with Gasteiger partial charge >= 0.3 is 11.9 Å². The third-order valence-corrected chi connectivity index (χ3v) is 1.65. The molecule has 0 heterocycles. The van der Waals surface area contributed by atoms with Gasteiger partial charge in [0.2, 0.25) is 0 Å². The lowest BCUT2D eigenvalue weighted by Crippen LogP contribution is -2.05. The van der Waals surface area contributed by atoms with Gasteiger partial charge in [0, 0.05) is 25.0 Å². The Bertz CT molecular complexity index is 373. The Balaban J connectivity index is 3.75. The highest BCUT2D eigenvalue weighted by molar-refractivity contribution is 5.91. The van der Waals surface area contributed by atoms with E-state index in [2.05, 4.69) is 23.7 Å². The summed E-state index contributed by atoms with van der Waals surface area (Å²) in [5, 5.41) is 0. The van der Waals surface area contributed by atoms with Crippen molar-refractivity contribution in [1.82, 2.24) is 0 Å². The smallest absolute Gasteiger partial charge is 0.331 e. The maximum absolute atomic E-state index is 11.1. The van der Waals surface area contributed by atoms with E-state index in [1.165, 1.54) is 0 Å². The fourth-order valence-corrected chi connectivity index (χ4v) is 0.888. The van der Waals surface area contributed by atoms with Crippen molar-refractivity contribution in [1.29, 1.82) is 0 Å². The van der Waals surface area contributed by atoms with Crippen LogP contribution in [0.15, 0.2) is 12.2 Å². The summed E-state index contributed by atoms with van der Waals surface area (Å²) in [4.78, 5) is 22.2. The van der Waals surface area contributed by atoms with E-state index >= 15 is 0 Å². The highest BCUT2D eigenvalue weighted by atomic mass is 16.5. The summed E-state index contributed by atoms with van der Waals surface area (Å²) < 4.78 is 9.56. The van der Waals surface area contributed by atoms with Crippen LogP contribution in [0.3, 0.4) is 0 Å². The van der Waals surface area contributed by atoms with E-state index in [0.717, 1.165) is 12.2 Å². The van der Waals surface area contributed by atoms with Crippen molar-refractivity contribution in [3.05, 3.63) is 12.2 Å². The van der Waals surface area contributed by atoms with Crippen molar-refractivity contribution >= 4 is 11.9 Å². The van der Waals surface area contributed by atoms with Crippen molar-refractivity contribution in [2.24, 2.45) is 0 Å². The van der Waals surface area contributed by atoms with Crippen molar-refractivity contribution in [2.75, 3.05) is 13.2 Å². The molecule has 0 aliphatic heterocycles. The van der Waals surface area contributed by atoms with Crippen LogP contribution in [0.1, 0.15) is 26.7 Å². The van der Waals surface area contributed by atoms with Crippen LogP contribution in [0.5, 0.6) is 0 Å². The molecule has 0 atom stereocenters. The van der Waals surface area contributed by atoms with Crippen LogP contribution in [0.2, 0.25) is 0 Å². The summed E-state index contributed by atoms with van der Waals surface area (Å²) in [6.45, 7) is 3.84. The normalized spacial score (nSPS) is 8.78. The Morgan fingerprint density at radius 2 is 1.28 bits per heavy atom. The van der Waals surface area contributed by atoms with Crippen LogP contribution < -0.4 is 0 Å². The van der Waals surface area contributed by atoms with Crippen molar-refractivity contribution in [2.45, 2.75) is 26.7 Å². The Kier molecular flexibility index (Phi) is 9.91. The monoisotopic (exact) mass is 248 g/mol. The highest BCUT2D eigenvalue weighted by Crippen LogP contribution is 1.88. The lowest BCUT2D eigenvalue weighted by atomic mass is 10.4. The lowest BCUT2D eigenvalue weighted by Gasteiger charge is -1.98. The Morgan fingerprint density at radius 3 is 1.61 bits per heavy atom. The zero-order valence-electron chi connectivity index (χ0n) is 10.6. The molecule has 0 fully saturated rings. The average molecular weight is 248 g/mol. The van der Waals surface area contributed by atoms with Crippen molar-refractivity contribution in [3.8, 4) is 23.7 Å². The molecular formula is C14H16O4. The van der Waals surface area contributed by atoms with E-state index in [0.29, 0.717) is 12.8 Å². The number of carbonyl (C=O) groups is 2. The number of hydrogen-bond donors (Lipinski definition) is 0. The van der Waals surface area contributed by atoms with Gasteiger partial charge in [-0.1, -0.05) is 0 Å². The molecule has 0 aliphatic rings. The minimum Gasteiger partial charge on any atom is -0.462 e. The van der Waals surface area contributed by atoms with E-state index in [-0.39, 0.29) is 13.2 Å². The minimum atomic E-state index is -0.585. The van der Waals surface area contributed by atoms with Crippen LogP contribution in [0, 0.1) is 23.7 Å². The second-order valence-electron chi connectivity index (χ2n) is 3.02. The molecule has 0 rings (SSSR count). The first-order valence-electron chi connectivity index (χ1n) is 5.51. The summed E-state index contributed by atoms with van der Waals surface area (Å²) in [6.07, 6.45) is 3.03. The summed E-state index contributed by atoms with van der Waals surface area (Å²) in [5.74, 6) is 9.70. The third-order valence-electron chi connectivity index (χ3n) is 1.65. The maximum atomic E-state index is 11.1. The molecule has 0 spiro atoms. The standard InChI is InChI=1S/C14H16O4/c1-3-5-7-11-17-13(15)9-10-14(16)18-12-8-6-4-2/h9-10H,7-8,11-12H2,1-2H3/b10-9-. The number of ether oxygens (including phenoxy) is 2. The number of hydrogen-bond acceptors (Lipinski definition) is 4. The summed E-state index contributed by atoms with van der Waals surface area (Å²) in [6, 6.07) is 0. The quantitative estimate of drug-likeness (QED) is 0.309. The molecule has 4 heteroatoms. The van der Waals surface area contributed by atoms with Crippen LogP contribution >= 0.6 is 0 Å². The predicted molar refractivity (Wildman–Crippen MR) is 67.2 cm³/mol. The van der Waals surface area contributed by atoms with Gasteiger partial charge in [0.15, 0.2) is 0 Å². The average Bonchev–Trinajstić information content (AvgIpc) is 2.37. The van der Waals surface area contributed by atoms with Gasteiger partial charge < -0.3 is 9.47 Å². The molecule has 4 nitrogen and oxygen atoms in total. The van der Waals surface area contributed by atoms with Gasteiger partial charge in [0.1, 0.15) is 13.2 Å². The van der Waals surface area contributed by atoms with E-state index in [1.807, 2.05) is 0 Å². The SMILES string of the molecule is CC#CCCOC(=O)/C=C\C(=O)OCCC#CC. The van der Waals surface area contributed by atoms with Gasteiger partial charge in [-0.3, -0.25) is 0 Å². The van der Waals surface area contributed by atoms with Crippen molar-refractivity contribution < 1.29 is 19.1 Å². The van der Waals surface area contributed by atoms with Gasteiger partial charge in [-0.25, -0.2) is 9.59 Å². The third kappa shape index (κ3) is 10.3. The molecule has 96 valence electrons. The van der Waals surface area contributed by atoms with Gasteiger partial charge in [0.25, 0.3) is 0 Å². The van der Waals surface area contributed by atoms with Crippen molar-refractivity contribution in [3.63, 3.8) is 0 Å². The molecule has 0 saturated carbocycles. The molecule has 0 N–H and O–H groups in total. The molecule has 0 aromatic rings. The van der Waals surface area contributed by atoms with Gasteiger partial charge in [-0.2, -0.15) is 0 Å².